The summed E-state index contributed by atoms with van der Waals surface area (Å²) in [6.45, 7) is -0.945. The molecule has 3 rings (SSSR count). The van der Waals surface area contributed by atoms with Crippen molar-refractivity contribution in [2.75, 3.05) is 11.9 Å². The zero-order valence-corrected chi connectivity index (χ0v) is 22.1. The average Bonchev–Trinajstić information content (AvgIpc) is 2.76. The molecule has 0 aliphatic rings. The van der Waals surface area contributed by atoms with E-state index < -0.39 is 39.2 Å². The summed E-state index contributed by atoms with van der Waals surface area (Å²) in [5.74, 6) is -0.860. The Morgan fingerprint density at radius 1 is 0.914 bits per heavy atom. The van der Waals surface area contributed by atoms with Crippen LogP contribution < -0.4 is 5.32 Å². The number of nitrogens with one attached hydrogen (secondary N) is 1. The summed E-state index contributed by atoms with van der Waals surface area (Å²) in [4.78, 5) is 12.6. The van der Waals surface area contributed by atoms with E-state index in [1.54, 1.807) is 6.07 Å². The van der Waals surface area contributed by atoms with E-state index in [1.807, 2.05) is 0 Å². The van der Waals surface area contributed by atoms with E-state index in [0.717, 1.165) is 10.4 Å². The standard InChI is InChI=1S/C22H15BrCl3F3N2O3S/c23-14-2-5-16(6-3-14)35(33,34)31(11-13-1-7-19(25)20(26)9-13)12-21(32)30-15-4-8-18(24)17(10-15)22(27,28)29/h1-10H,11-12H2,(H,30,32). The van der Waals surface area contributed by atoms with Gasteiger partial charge in [0.05, 0.1) is 32.1 Å². The molecule has 0 aromatic heterocycles. The van der Waals surface area contributed by atoms with Crippen LogP contribution in [0.25, 0.3) is 0 Å². The zero-order chi connectivity index (χ0) is 26.0. The van der Waals surface area contributed by atoms with Crippen LogP contribution in [0.15, 0.2) is 70.0 Å². The van der Waals surface area contributed by atoms with Crippen LogP contribution in [0.1, 0.15) is 11.1 Å². The van der Waals surface area contributed by atoms with Crippen LogP contribution in [0, 0.1) is 0 Å². The summed E-state index contributed by atoms with van der Waals surface area (Å²) in [7, 11) is -4.19. The van der Waals surface area contributed by atoms with Gasteiger partial charge in [-0.15, -0.1) is 0 Å². The third-order valence-electron chi connectivity index (χ3n) is 4.67. The molecule has 3 aromatic carbocycles. The van der Waals surface area contributed by atoms with Gasteiger partial charge in [0.1, 0.15) is 0 Å². The van der Waals surface area contributed by atoms with E-state index in [1.165, 1.54) is 42.5 Å². The number of halogens is 7. The lowest BCUT2D eigenvalue weighted by atomic mass is 10.2. The minimum Gasteiger partial charge on any atom is -0.325 e. The Hall–Kier alpha value is -1.82. The molecule has 1 N–H and O–H groups in total. The minimum absolute atomic E-state index is 0.0839. The predicted molar refractivity (Wildman–Crippen MR) is 133 cm³/mol. The van der Waals surface area contributed by atoms with Crippen LogP contribution >= 0.6 is 50.7 Å². The van der Waals surface area contributed by atoms with Crippen molar-refractivity contribution < 1.29 is 26.4 Å². The molecule has 0 fully saturated rings. The lowest BCUT2D eigenvalue weighted by Gasteiger charge is -2.22. The highest BCUT2D eigenvalue weighted by molar-refractivity contribution is 9.10. The third-order valence-corrected chi connectivity index (χ3v) is 8.07. The number of sulfonamides is 1. The van der Waals surface area contributed by atoms with Crippen LogP contribution in [0.2, 0.25) is 15.1 Å². The fraction of sp³-hybridized carbons (Fsp3) is 0.136. The van der Waals surface area contributed by atoms with E-state index >= 15 is 0 Å². The monoisotopic (exact) mass is 628 g/mol. The van der Waals surface area contributed by atoms with Gasteiger partial charge in [-0.05, 0) is 60.2 Å². The second-order valence-electron chi connectivity index (χ2n) is 7.22. The number of hydrogen-bond donors (Lipinski definition) is 1. The molecule has 3 aromatic rings. The minimum atomic E-state index is -4.73. The van der Waals surface area contributed by atoms with E-state index in [0.29, 0.717) is 16.1 Å². The highest BCUT2D eigenvalue weighted by Crippen LogP contribution is 2.36. The Labute approximate surface area is 223 Å². The van der Waals surface area contributed by atoms with Crippen molar-refractivity contribution >= 4 is 72.4 Å². The van der Waals surface area contributed by atoms with Gasteiger partial charge in [0.15, 0.2) is 0 Å². The number of rotatable bonds is 7. The summed E-state index contributed by atoms with van der Waals surface area (Å²) < 4.78 is 67.6. The highest BCUT2D eigenvalue weighted by Gasteiger charge is 2.34. The summed E-state index contributed by atoms with van der Waals surface area (Å²) in [5, 5.41) is 2.21. The summed E-state index contributed by atoms with van der Waals surface area (Å²) >= 11 is 20.8. The first-order chi connectivity index (χ1) is 16.3. The molecule has 0 aliphatic heterocycles. The fourth-order valence-electron chi connectivity index (χ4n) is 3.00. The van der Waals surface area contributed by atoms with Gasteiger partial charge < -0.3 is 5.32 Å². The Morgan fingerprint density at radius 3 is 2.14 bits per heavy atom. The Kier molecular flexibility index (Phi) is 8.77. The Bertz CT molecular complexity index is 1350. The van der Waals surface area contributed by atoms with Gasteiger partial charge in [0.25, 0.3) is 0 Å². The first-order valence-corrected chi connectivity index (χ1v) is 13.0. The van der Waals surface area contributed by atoms with Crippen molar-refractivity contribution in [3.8, 4) is 0 Å². The van der Waals surface area contributed by atoms with E-state index in [9.17, 15) is 26.4 Å². The molecule has 0 radical (unpaired) electrons. The molecule has 13 heteroatoms. The van der Waals surface area contributed by atoms with Crippen molar-refractivity contribution in [1.82, 2.24) is 4.31 Å². The fourth-order valence-corrected chi connectivity index (χ4v) is 5.20. The molecule has 186 valence electrons. The Morgan fingerprint density at radius 2 is 1.54 bits per heavy atom. The van der Waals surface area contributed by atoms with Crippen LogP contribution in [-0.4, -0.2) is 25.2 Å². The van der Waals surface area contributed by atoms with Crippen molar-refractivity contribution in [3.63, 3.8) is 0 Å². The van der Waals surface area contributed by atoms with Gasteiger partial charge in [-0.3, -0.25) is 4.79 Å². The molecule has 0 bridgehead atoms. The number of benzene rings is 3. The largest absolute Gasteiger partial charge is 0.417 e. The quantitative estimate of drug-likeness (QED) is 0.299. The maximum atomic E-state index is 13.3. The normalized spacial score (nSPS) is 12.1. The first-order valence-electron chi connectivity index (χ1n) is 9.63. The molecule has 0 heterocycles. The van der Waals surface area contributed by atoms with E-state index in [2.05, 4.69) is 21.2 Å². The molecule has 0 atom stereocenters. The lowest BCUT2D eigenvalue weighted by Crippen LogP contribution is -2.37. The topological polar surface area (TPSA) is 66.5 Å². The van der Waals surface area contributed by atoms with E-state index in [4.69, 9.17) is 34.8 Å². The molecule has 0 spiro atoms. The van der Waals surface area contributed by atoms with E-state index in [-0.39, 0.29) is 27.2 Å². The second-order valence-corrected chi connectivity index (χ2v) is 11.3. The van der Waals surface area contributed by atoms with Crippen LogP contribution in [0.5, 0.6) is 0 Å². The SMILES string of the molecule is O=C(CN(Cc1ccc(Cl)c(Cl)c1)S(=O)(=O)c1ccc(Br)cc1)Nc1ccc(Cl)c(C(F)(F)F)c1. The third kappa shape index (κ3) is 7.12. The van der Waals surface area contributed by atoms with Crippen LogP contribution in [-0.2, 0) is 27.5 Å². The lowest BCUT2D eigenvalue weighted by molar-refractivity contribution is -0.137. The van der Waals surface area contributed by atoms with Gasteiger partial charge >= 0.3 is 6.18 Å². The molecular weight excluding hydrogens is 616 g/mol. The zero-order valence-electron chi connectivity index (χ0n) is 17.4. The highest BCUT2D eigenvalue weighted by atomic mass is 79.9. The van der Waals surface area contributed by atoms with Crippen molar-refractivity contribution in [2.24, 2.45) is 0 Å². The number of anilines is 1. The maximum Gasteiger partial charge on any atom is 0.417 e. The van der Waals surface area contributed by atoms with Crippen LogP contribution in [0.3, 0.4) is 0 Å². The second kappa shape index (κ2) is 11.1. The number of carbonyl (C=O) groups is 1. The summed E-state index contributed by atoms with van der Waals surface area (Å²) in [6.07, 6.45) is -4.73. The van der Waals surface area contributed by atoms with Crippen molar-refractivity contribution in [3.05, 3.63) is 91.3 Å². The number of alkyl halides is 3. The molecule has 0 saturated heterocycles. The molecule has 1 amide bonds. The smallest absolute Gasteiger partial charge is 0.325 e. The Balaban J connectivity index is 1.91. The van der Waals surface area contributed by atoms with Gasteiger partial charge in [0, 0.05) is 16.7 Å². The van der Waals surface area contributed by atoms with Crippen molar-refractivity contribution in [2.45, 2.75) is 17.6 Å². The first kappa shape index (κ1) is 27.8. The average molecular weight is 631 g/mol. The predicted octanol–water partition coefficient (Wildman–Crippen LogP) is 7.26. The maximum absolute atomic E-state index is 13.3. The number of hydrogen-bond acceptors (Lipinski definition) is 3. The van der Waals surface area contributed by atoms with Gasteiger partial charge in [-0.2, -0.15) is 17.5 Å². The molecule has 35 heavy (non-hydrogen) atoms. The molecule has 0 unspecified atom stereocenters. The molecule has 0 saturated carbocycles. The van der Waals surface area contributed by atoms with Crippen LogP contribution in [0.4, 0.5) is 18.9 Å². The molecule has 5 nitrogen and oxygen atoms in total. The molecule has 0 aliphatic carbocycles. The summed E-state index contributed by atoms with van der Waals surface area (Å²) in [6, 6.07) is 13.1. The van der Waals surface area contributed by atoms with Gasteiger partial charge in [-0.25, -0.2) is 8.42 Å². The number of carbonyl (C=O) groups excluding carboxylic acids is 1. The van der Waals surface area contributed by atoms with Gasteiger partial charge in [0.2, 0.25) is 15.9 Å². The number of nitrogens with zero attached hydrogens (tertiary/aromatic N) is 1. The van der Waals surface area contributed by atoms with Gasteiger partial charge in [-0.1, -0.05) is 56.8 Å². The number of amides is 1. The van der Waals surface area contributed by atoms with Crippen molar-refractivity contribution in [1.29, 1.82) is 0 Å². The summed E-state index contributed by atoms with van der Waals surface area (Å²) in [5.41, 5.74) is -0.881. The molecular formula is C22H15BrCl3F3N2O3S.